The lowest BCUT2D eigenvalue weighted by Gasteiger charge is -2.02. The van der Waals surface area contributed by atoms with E-state index in [4.69, 9.17) is 5.11 Å². The van der Waals surface area contributed by atoms with Crippen LogP contribution in [-0.4, -0.2) is 24.7 Å². The summed E-state index contributed by atoms with van der Waals surface area (Å²) in [5.41, 5.74) is 0. The predicted molar refractivity (Wildman–Crippen MR) is 35.3 cm³/mol. The molecule has 0 amide bonds. The highest BCUT2D eigenvalue weighted by molar-refractivity contribution is 5.69. The van der Waals surface area contributed by atoms with Gasteiger partial charge in [0.2, 0.25) is 0 Å². The van der Waals surface area contributed by atoms with Crippen molar-refractivity contribution < 1.29 is 9.90 Å². The fraction of sp³-hybridized carbons (Fsp3) is 0.833. The monoisotopic (exact) mass is 131 g/mol. The highest BCUT2D eigenvalue weighted by Crippen LogP contribution is 1.98. The quantitative estimate of drug-likeness (QED) is 0.577. The molecule has 2 N–H and O–H groups in total. The second kappa shape index (κ2) is 4.32. The zero-order valence-electron chi connectivity index (χ0n) is 5.85. The predicted octanol–water partition coefficient (Wildman–Crippen LogP) is 0.317. The van der Waals surface area contributed by atoms with Crippen LogP contribution in [0.1, 0.15) is 13.3 Å². The van der Waals surface area contributed by atoms with Gasteiger partial charge >= 0.3 is 5.97 Å². The lowest BCUT2D eigenvalue weighted by molar-refractivity contribution is -0.141. The zero-order chi connectivity index (χ0) is 7.28. The highest BCUT2D eigenvalue weighted by atomic mass is 16.4. The van der Waals surface area contributed by atoms with Crippen LogP contribution < -0.4 is 5.32 Å². The summed E-state index contributed by atoms with van der Waals surface area (Å²) in [5.74, 6) is -0.942. The minimum absolute atomic E-state index is 0.225. The van der Waals surface area contributed by atoms with Gasteiger partial charge in [0.05, 0.1) is 5.92 Å². The number of nitrogens with one attached hydrogen (secondary N) is 1. The Morgan fingerprint density at radius 3 is 2.67 bits per heavy atom. The first-order chi connectivity index (χ1) is 4.18. The fourth-order valence-electron chi connectivity index (χ4n) is 0.484. The smallest absolute Gasteiger partial charge is 0.306 e. The Hall–Kier alpha value is -0.570. The van der Waals surface area contributed by atoms with E-state index in [1.807, 2.05) is 7.05 Å². The molecule has 1 atom stereocenters. The Morgan fingerprint density at radius 2 is 2.33 bits per heavy atom. The SMILES string of the molecule is CNCCC(C)C(=O)O. The minimum atomic E-state index is -0.717. The maximum Gasteiger partial charge on any atom is 0.306 e. The van der Waals surface area contributed by atoms with E-state index in [0.29, 0.717) is 6.42 Å². The van der Waals surface area contributed by atoms with Crippen molar-refractivity contribution in [2.75, 3.05) is 13.6 Å². The van der Waals surface area contributed by atoms with E-state index in [2.05, 4.69) is 5.32 Å². The molecule has 0 fully saturated rings. The summed E-state index contributed by atoms with van der Waals surface area (Å²) in [5, 5.41) is 11.3. The molecule has 0 radical (unpaired) electrons. The van der Waals surface area contributed by atoms with Crippen LogP contribution in [0.4, 0.5) is 0 Å². The van der Waals surface area contributed by atoms with Crippen molar-refractivity contribution in [2.24, 2.45) is 5.92 Å². The number of aliphatic carboxylic acids is 1. The molecule has 0 bridgehead atoms. The molecular formula is C6H13NO2. The van der Waals surface area contributed by atoms with Gasteiger partial charge < -0.3 is 10.4 Å². The average Bonchev–Trinajstić information content (AvgIpc) is 1.82. The second-order valence-electron chi connectivity index (χ2n) is 2.13. The van der Waals surface area contributed by atoms with Crippen molar-refractivity contribution in [3.63, 3.8) is 0 Å². The zero-order valence-corrected chi connectivity index (χ0v) is 5.85. The molecule has 0 spiro atoms. The normalized spacial score (nSPS) is 13.1. The van der Waals surface area contributed by atoms with Gasteiger partial charge in [-0.25, -0.2) is 0 Å². The Morgan fingerprint density at radius 1 is 1.78 bits per heavy atom. The molecule has 0 aromatic rings. The van der Waals surface area contributed by atoms with Gasteiger partial charge in [-0.3, -0.25) is 4.79 Å². The van der Waals surface area contributed by atoms with Crippen LogP contribution in [0, 0.1) is 5.92 Å². The highest BCUT2D eigenvalue weighted by Gasteiger charge is 2.08. The van der Waals surface area contributed by atoms with Crippen LogP contribution in [0.15, 0.2) is 0 Å². The van der Waals surface area contributed by atoms with Gasteiger partial charge in [-0.1, -0.05) is 6.92 Å². The summed E-state index contributed by atoms with van der Waals surface area (Å²) >= 11 is 0. The maximum atomic E-state index is 10.2. The number of rotatable bonds is 4. The largest absolute Gasteiger partial charge is 0.481 e. The first kappa shape index (κ1) is 8.43. The van der Waals surface area contributed by atoms with Crippen molar-refractivity contribution in [1.29, 1.82) is 0 Å². The van der Waals surface area contributed by atoms with Gasteiger partial charge in [-0.15, -0.1) is 0 Å². The van der Waals surface area contributed by atoms with Gasteiger partial charge in [0.15, 0.2) is 0 Å². The third kappa shape index (κ3) is 3.97. The molecule has 0 saturated carbocycles. The first-order valence-corrected chi connectivity index (χ1v) is 3.06. The van der Waals surface area contributed by atoms with Crippen LogP contribution in [-0.2, 0) is 4.79 Å². The minimum Gasteiger partial charge on any atom is -0.481 e. The van der Waals surface area contributed by atoms with Gasteiger partial charge in [-0.2, -0.15) is 0 Å². The number of carboxylic acids is 1. The molecule has 0 aliphatic carbocycles. The standard InChI is InChI=1S/C6H13NO2/c1-5(6(8)9)3-4-7-2/h5,7H,3-4H2,1-2H3,(H,8,9). The molecule has 0 rings (SSSR count). The number of carbonyl (C=O) groups is 1. The summed E-state index contributed by atoms with van der Waals surface area (Å²) in [4.78, 5) is 10.2. The van der Waals surface area contributed by atoms with Crippen LogP contribution in [0.5, 0.6) is 0 Å². The van der Waals surface area contributed by atoms with Gasteiger partial charge in [0.25, 0.3) is 0 Å². The Kier molecular flexibility index (Phi) is 4.05. The summed E-state index contributed by atoms with van der Waals surface area (Å²) in [7, 11) is 1.81. The fourth-order valence-corrected chi connectivity index (χ4v) is 0.484. The number of hydrogen-bond acceptors (Lipinski definition) is 2. The van der Waals surface area contributed by atoms with E-state index in [1.54, 1.807) is 6.92 Å². The summed E-state index contributed by atoms with van der Waals surface area (Å²) in [6.07, 6.45) is 0.700. The first-order valence-electron chi connectivity index (χ1n) is 3.06. The molecule has 0 aliphatic rings. The van der Waals surface area contributed by atoms with E-state index in [1.165, 1.54) is 0 Å². The molecule has 0 aliphatic heterocycles. The van der Waals surface area contributed by atoms with E-state index in [9.17, 15) is 4.79 Å². The van der Waals surface area contributed by atoms with Crippen LogP contribution >= 0.6 is 0 Å². The maximum absolute atomic E-state index is 10.2. The molecular weight excluding hydrogens is 118 g/mol. The Labute approximate surface area is 55.1 Å². The average molecular weight is 131 g/mol. The molecule has 3 heteroatoms. The topological polar surface area (TPSA) is 49.3 Å². The van der Waals surface area contributed by atoms with Crippen LogP contribution in [0.3, 0.4) is 0 Å². The molecule has 9 heavy (non-hydrogen) atoms. The summed E-state index contributed by atoms with van der Waals surface area (Å²) < 4.78 is 0. The van der Waals surface area contributed by atoms with E-state index < -0.39 is 5.97 Å². The van der Waals surface area contributed by atoms with E-state index in [0.717, 1.165) is 6.54 Å². The molecule has 0 heterocycles. The van der Waals surface area contributed by atoms with Crippen LogP contribution in [0.25, 0.3) is 0 Å². The van der Waals surface area contributed by atoms with Crippen molar-refractivity contribution in [2.45, 2.75) is 13.3 Å². The number of carboxylic acid groups (broad SMARTS) is 1. The van der Waals surface area contributed by atoms with Gasteiger partial charge in [0, 0.05) is 0 Å². The van der Waals surface area contributed by atoms with Crippen molar-refractivity contribution in [1.82, 2.24) is 5.32 Å². The molecule has 3 nitrogen and oxygen atoms in total. The summed E-state index contributed by atoms with van der Waals surface area (Å²) in [6.45, 7) is 2.48. The molecule has 0 saturated heterocycles. The molecule has 0 aromatic carbocycles. The lowest BCUT2D eigenvalue weighted by Crippen LogP contribution is -2.16. The Bertz CT molecular complexity index is 93.1. The number of hydrogen-bond donors (Lipinski definition) is 2. The third-order valence-electron chi connectivity index (χ3n) is 1.25. The summed E-state index contributed by atoms with van der Waals surface area (Å²) in [6, 6.07) is 0. The van der Waals surface area contributed by atoms with Crippen molar-refractivity contribution in [3.05, 3.63) is 0 Å². The van der Waals surface area contributed by atoms with Crippen LogP contribution in [0.2, 0.25) is 0 Å². The molecule has 54 valence electrons. The lowest BCUT2D eigenvalue weighted by atomic mass is 10.1. The molecule has 0 aromatic heterocycles. The van der Waals surface area contributed by atoms with E-state index in [-0.39, 0.29) is 5.92 Å². The van der Waals surface area contributed by atoms with Crippen molar-refractivity contribution >= 4 is 5.97 Å². The van der Waals surface area contributed by atoms with Crippen molar-refractivity contribution in [3.8, 4) is 0 Å². The third-order valence-corrected chi connectivity index (χ3v) is 1.25. The Balaban J connectivity index is 3.27. The van der Waals surface area contributed by atoms with E-state index >= 15 is 0 Å². The second-order valence-corrected chi connectivity index (χ2v) is 2.13. The van der Waals surface area contributed by atoms with Gasteiger partial charge in [0.1, 0.15) is 0 Å². The molecule has 1 unspecified atom stereocenters. The van der Waals surface area contributed by atoms with Gasteiger partial charge in [-0.05, 0) is 20.0 Å².